The lowest BCUT2D eigenvalue weighted by atomic mass is 9.95. The van der Waals surface area contributed by atoms with E-state index in [2.05, 4.69) is 79.9 Å². The van der Waals surface area contributed by atoms with Crippen molar-refractivity contribution < 1.29 is 8.42 Å². The second-order valence-electron chi connectivity index (χ2n) is 11.2. The molecule has 0 bridgehead atoms. The smallest absolute Gasteiger partial charge is 0.158 e. The number of fused-ring (bicyclic) bond motifs is 2. The highest BCUT2D eigenvalue weighted by molar-refractivity contribution is 7.90. The average molecular weight is 536 g/mol. The first-order valence-electron chi connectivity index (χ1n) is 13.0. The van der Waals surface area contributed by atoms with Gasteiger partial charge in [-0.15, -0.1) is 0 Å². The third kappa shape index (κ3) is 4.19. The normalized spacial score (nSPS) is 21.6. The van der Waals surface area contributed by atoms with Gasteiger partial charge in [0.15, 0.2) is 5.65 Å². The van der Waals surface area contributed by atoms with Crippen molar-refractivity contribution in [3.63, 3.8) is 0 Å². The number of aryl methyl sites for hydroxylation is 1. The Morgan fingerprint density at radius 2 is 1.89 bits per heavy atom. The van der Waals surface area contributed by atoms with Crippen molar-refractivity contribution in [1.82, 2.24) is 29.9 Å². The molecule has 0 radical (unpaired) electrons. The summed E-state index contributed by atoms with van der Waals surface area (Å²) < 4.78 is 24.8. The number of hydrogen-bond donors (Lipinski definition) is 3. The summed E-state index contributed by atoms with van der Waals surface area (Å²) in [5, 5.41) is 11.5. The van der Waals surface area contributed by atoms with E-state index in [1.807, 2.05) is 16.8 Å². The van der Waals surface area contributed by atoms with Gasteiger partial charge in [0, 0.05) is 23.6 Å². The van der Waals surface area contributed by atoms with Gasteiger partial charge in [-0.25, -0.2) is 22.9 Å². The van der Waals surface area contributed by atoms with Crippen molar-refractivity contribution in [3.05, 3.63) is 53.5 Å². The van der Waals surface area contributed by atoms with Crippen LogP contribution in [-0.4, -0.2) is 62.6 Å². The van der Waals surface area contributed by atoms with Gasteiger partial charge in [0.05, 0.1) is 33.6 Å². The van der Waals surface area contributed by atoms with Gasteiger partial charge in [0.2, 0.25) is 0 Å². The standard InChI is InChI=1S/C28H37N7O2S/c1-16(2)23-24(20-14-35-26(29-15-31-35)18(4)17(20)3)32-21-10-11-22(33-25(21)23)34-28(7)19(5)27(28,6)30-12-9-13-38(8,36)37/h10-11,14-16,30,32H,5,9,12-13H2,1-4,6-8H3,(H,33,34)/t27?,28-/m1/s1. The fraction of sp³-hybridized carbons (Fsp3) is 0.464. The van der Waals surface area contributed by atoms with Crippen LogP contribution in [0.15, 0.2) is 36.8 Å². The van der Waals surface area contributed by atoms with Gasteiger partial charge in [-0.05, 0) is 75.4 Å². The third-order valence-electron chi connectivity index (χ3n) is 8.35. The van der Waals surface area contributed by atoms with Crippen molar-refractivity contribution in [1.29, 1.82) is 0 Å². The lowest BCUT2D eigenvalue weighted by Crippen LogP contribution is -2.41. The Kier molecular flexibility index (Phi) is 6.18. The Morgan fingerprint density at radius 1 is 1.16 bits per heavy atom. The van der Waals surface area contributed by atoms with E-state index in [0.29, 0.717) is 13.0 Å². The van der Waals surface area contributed by atoms with Gasteiger partial charge in [-0.1, -0.05) is 20.4 Å². The van der Waals surface area contributed by atoms with Crippen molar-refractivity contribution in [2.24, 2.45) is 0 Å². The molecule has 0 spiro atoms. The first-order chi connectivity index (χ1) is 17.8. The quantitative estimate of drug-likeness (QED) is 0.213. The maximum atomic E-state index is 11.5. The van der Waals surface area contributed by atoms with Crippen LogP contribution in [0.1, 0.15) is 56.7 Å². The maximum absolute atomic E-state index is 11.5. The topological polar surface area (TPSA) is 117 Å². The molecule has 3 N–H and O–H groups in total. The van der Waals surface area contributed by atoms with Crippen LogP contribution in [0.2, 0.25) is 0 Å². The monoisotopic (exact) mass is 535 g/mol. The van der Waals surface area contributed by atoms with E-state index >= 15 is 0 Å². The Morgan fingerprint density at radius 3 is 2.58 bits per heavy atom. The fourth-order valence-electron chi connectivity index (χ4n) is 5.57. The number of hydrogen-bond acceptors (Lipinski definition) is 7. The molecule has 0 aromatic carbocycles. The zero-order valence-corrected chi connectivity index (χ0v) is 24.0. The summed E-state index contributed by atoms with van der Waals surface area (Å²) in [7, 11) is -2.97. The number of aromatic nitrogens is 5. The summed E-state index contributed by atoms with van der Waals surface area (Å²) in [6, 6.07) is 4.06. The van der Waals surface area contributed by atoms with E-state index in [1.165, 1.54) is 6.26 Å². The van der Waals surface area contributed by atoms with Crippen molar-refractivity contribution in [2.45, 2.75) is 65.0 Å². The number of rotatable bonds is 9. The number of aromatic amines is 1. The van der Waals surface area contributed by atoms with Gasteiger partial charge in [-0.3, -0.25) is 0 Å². The molecule has 0 amide bonds. The molecule has 0 saturated heterocycles. The Labute approximate surface area is 224 Å². The summed E-state index contributed by atoms with van der Waals surface area (Å²) in [5.74, 6) is 1.18. The minimum atomic E-state index is -2.97. The summed E-state index contributed by atoms with van der Waals surface area (Å²) in [6.07, 6.45) is 5.45. The number of nitrogens with zero attached hydrogens (tertiary/aromatic N) is 4. The lowest BCUT2D eigenvalue weighted by Gasteiger charge is -2.21. The molecule has 1 aliphatic carbocycles. The average Bonchev–Trinajstić information content (AvgIpc) is 3.29. The van der Waals surface area contributed by atoms with Gasteiger partial charge in [0.1, 0.15) is 22.0 Å². The zero-order valence-electron chi connectivity index (χ0n) is 23.2. The van der Waals surface area contributed by atoms with Crippen LogP contribution < -0.4 is 10.6 Å². The molecule has 1 fully saturated rings. The van der Waals surface area contributed by atoms with Crippen LogP contribution in [0.4, 0.5) is 5.82 Å². The number of H-pyrrole nitrogens is 1. The molecule has 10 heteroatoms. The maximum Gasteiger partial charge on any atom is 0.158 e. The summed E-state index contributed by atoms with van der Waals surface area (Å²) in [5.41, 5.74) is 8.62. The number of sulfone groups is 1. The van der Waals surface area contributed by atoms with E-state index < -0.39 is 15.4 Å². The highest BCUT2D eigenvalue weighted by Crippen LogP contribution is 2.54. The zero-order chi connectivity index (χ0) is 27.6. The van der Waals surface area contributed by atoms with E-state index in [1.54, 1.807) is 6.33 Å². The molecule has 9 nitrogen and oxygen atoms in total. The minimum absolute atomic E-state index is 0.168. The Balaban J connectivity index is 1.47. The second kappa shape index (κ2) is 8.91. The summed E-state index contributed by atoms with van der Waals surface area (Å²) >= 11 is 0. The van der Waals surface area contributed by atoms with E-state index in [4.69, 9.17) is 4.98 Å². The van der Waals surface area contributed by atoms with E-state index in [-0.39, 0.29) is 17.2 Å². The van der Waals surface area contributed by atoms with Gasteiger partial charge >= 0.3 is 0 Å². The van der Waals surface area contributed by atoms with Crippen LogP contribution in [0.3, 0.4) is 0 Å². The number of nitrogens with one attached hydrogen (secondary N) is 3. The highest BCUT2D eigenvalue weighted by atomic mass is 32.2. The molecule has 0 aliphatic heterocycles. The lowest BCUT2D eigenvalue weighted by molar-refractivity contribution is 0.489. The van der Waals surface area contributed by atoms with Gasteiger partial charge < -0.3 is 15.6 Å². The molecule has 202 valence electrons. The molecular formula is C28H37N7O2S. The van der Waals surface area contributed by atoms with Crippen LogP contribution in [0.5, 0.6) is 0 Å². The predicted molar refractivity (Wildman–Crippen MR) is 154 cm³/mol. The molecule has 4 heterocycles. The predicted octanol–water partition coefficient (Wildman–Crippen LogP) is 4.54. The van der Waals surface area contributed by atoms with E-state index in [9.17, 15) is 8.42 Å². The number of pyridine rings is 2. The largest absolute Gasteiger partial charge is 0.359 e. The van der Waals surface area contributed by atoms with E-state index in [0.717, 1.165) is 56.0 Å². The van der Waals surface area contributed by atoms with Crippen molar-refractivity contribution >= 4 is 32.3 Å². The Bertz CT molecular complexity index is 1680. The third-order valence-corrected chi connectivity index (χ3v) is 9.38. The Hall–Kier alpha value is -3.24. The molecule has 5 rings (SSSR count). The first-order valence-corrected chi connectivity index (χ1v) is 15.1. The SMILES string of the molecule is C=C1C(C)(NCCCS(C)(=O)=O)[C@]1(C)Nc1ccc2[nH]c(-c3cn4ncnc4c(C)c3C)c(C(C)C)c2n1. The molecule has 1 unspecified atom stereocenters. The van der Waals surface area contributed by atoms with Gasteiger partial charge in [-0.2, -0.15) is 5.10 Å². The highest BCUT2D eigenvalue weighted by Gasteiger charge is 2.65. The first kappa shape index (κ1) is 26.4. The molecule has 2 atom stereocenters. The molecule has 4 aromatic rings. The van der Waals surface area contributed by atoms with Crippen LogP contribution in [0, 0.1) is 13.8 Å². The van der Waals surface area contributed by atoms with Crippen LogP contribution in [0.25, 0.3) is 27.9 Å². The molecular weight excluding hydrogens is 498 g/mol. The molecule has 1 aliphatic rings. The summed E-state index contributed by atoms with van der Waals surface area (Å²) in [6.45, 7) is 17.7. The van der Waals surface area contributed by atoms with Crippen molar-refractivity contribution in [3.8, 4) is 11.3 Å². The van der Waals surface area contributed by atoms with Crippen LogP contribution >= 0.6 is 0 Å². The van der Waals surface area contributed by atoms with Crippen LogP contribution in [-0.2, 0) is 9.84 Å². The van der Waals surface area contributed by atoms with Gasteiger partial charge in [0.25, 0.3) is 0 Å². The summed E-state index contributed by atoms with van der Waals surface area (Å²) in [4.78, 5) is 13.1. The second-order valence-corrected chi connectivity index (χ2v) is 13.5. The molecule has 1 saturated carbocycles. The van der Waals surface area contributed by atoms with Crippen molar-refractivity contribution in [2.75, 3.05) is 23.9 Å². The molecule has 4 aromatic heterocycles. The molecule has 38 heavy (non-hydrogen) atoms. The fourth-order valence-corrected chi connectivity index (χ4v) is 6.24. The minimum Gasteiger partial charge on any atom is -0.359 e. The number of anilines is 1.